The van der Waals surface area contributed by atoms with E-state index in [9.17, 15) is 0 Å². The Kier molecular flexibility index (Phi) is 1.06. The maximum atomic E-state index is 5.98. The maximum absolute atomic E-state index is 5.98. The van der Waals surface area contributed by atoms with Crippen LogP contribution in [0.15, 0.2) is 24.3 Å². The summed E-state index contributed by atoms with van der Waals surface area (Å²) in [7, 11) is 0. The quantitative estimate of drug-likeness (QED) is 0.611. The summed E-state index contributed by atoms with van der Waals surface area (Å²) in [5, 5.41) is 0. The third-order valence-electron chi connectivity index (χ3n) is 3.53. The standard InChI is InChI=1S/C11H13N/c12-10-7-11(10)6-5-8-3-1-2-4-9(8)11/h1-4,10H,5-7,12H2/t10-,11+/m0/s1. The summed E-state index contributed by atoms with van der Waals surface area (Å²) in [6, 6.07) is 9.22. The van der Waals surface area contributed by atoms with Crippen LogP contribution in [0, 0.1) is 0 Å². The van der Waals surface area contributed by atoms with Crippen LogP contribution in [0.2, 0.25) is 0 Å². The molecule has 1 nitrogen and oxygen atoms in total. The summed E-state index contributed by atoms with van der Waals surface area (Å²) >= 11 is 0. The fourth-order valence-electron chi connectivity index (χ4n) is 2.65. The van der Waals surface area contributed by atoms with Crippen molar-refractivity contribution in [2.75, 3.05) is 0 Å². The molecule has 1 aromatic rings. The molecule has 0 heterocycles. The van der Waals surface area contributed by atoms with Crippen molar-refractivity contribution >= 4 is 0 Å². The zero-order valence-electron chi connectivity index (χ0n) is 7.09. The van der Waals surface area contributed by atoms with Gasteiger partial charge in [-0.25, -0.2) is 0 Å². The normalized spacial score (nSPS) is 36.9. The summed E-state index contributed by atoms with van der Waals surface area (Å²) < 4.78 is 0. The maximum Gasteiger partial charge on any atom is 0.0146 e. The summed E-state index contributed by atoms with van der Waals surface area (Å²) in [6.07, 6.45) is 3.74. The SMILES string of the molecule is N[C@H]1C[C@@]12CCc1ccccc12. The molecular formula is C11H13N. The monoisotopic (exact) mass is 159 g/mol. The summed E-state index contributed by atoms with van der Waals surface area (Å²) in [6.45, 7) is 0. The first-order valence-corrected chi connectivity index (χ1v) is 4.67. The Morgan fingerprint density at radius 3 is 2.83 bits per heavy atom. The minimum Gasteiger partial charge on any atom is -0.327 e. The van der Waals surface area contributed by atoms with Crippen LogP contribution in [0.1, 0.15) is 24.0 Å². The molecule has 0 aliphatic heterocycles. The van der Waals surface area contributed by atoms with Gasteiger partial charge in [-0.15, -0.1) is 0 Å². The van der Waals surface area contributed by atoms with Crippen molar-refractivity contribution in [2.45, 2.75) is 30.7 Å². The van der Waals surface area contributed by atoms with Gasteiger partial charge in [0.05, 0.1) is 0 Å². The van der Waals surface area contributed by atoms with Gasteiger partial charge < -0.3 is 5.73 Å². The van der Waals surface area contributed by atoms with E-state index in [0.29, 0.717) is 11.5 Å². The number of rotatable bonds is 0. The van der Waals surface area contributed by atoms with Crippen LogP contribution in [-0.2, 0) is 11.8 Å². The van der Waals surface area contributed by atoms with Gasteiger partial charge in [0.15, 0.2) is 0 Å². The highest BCUT2D eigenvalue weighted by atomic mass is 14.8. The molecule has 1 spiro atoms. The molecular weight excluding hydrogens is 146 g/mol. The molecule has 62 valence electrons. The van der Waals surface area contributed by atoms with Crippen LogP contribution >= 0.6 is 0 Å². The minimum absolute atomic E-state index is 0.413. The van der Waals surface area contributed by atoms with Gasteiger partial charge in [-0.1, -0.05) is 24.3 Å². The van der Waals surface area contributed by atoms with Gasteiger partial charge in [0.2, 0.25) is 0 Å². The molecule has 2 N–H and O–H groups in total. The predicted octanol–water partition coefficient (Wildman–Crippen LogP) is 1.60. The lowest BCUT2D eigenvalue weighted by molar-refractivity contribution is 0.651. The van der Waals surface area contributed by atoms with E-state index in [1.54, 1.807) is 0 Å². The number of nitrogens with two attached hydrogens (primary N) is 1. The summed E-state index contributed by atoms with van der Waals surface area (Å²) in [5.74, 6) is 0. The molecule has 12 heavy (non-hydrogen) atoms. The Morgan fingerprint density at radius 2 is 2.08 bits per heavy atom. The fourth-order valence-corrected chi connectivity index (χ4v) is 2.65. The first kappa shape index (κ1) is 6.67. The van der Waals surface area contributed by atoms with Crippen LogP contribution < -0.4 is 5.73 Å². The van der Waals surface area contributed by atoms with E-state index in [2.05, 4.69) is 24.3 Å². The lowest BCUT2D eigenvalue weighted by Gasteiger charge is -2.08. The Morgan fingerprint density at radius 1 is 1.33 bits per heavy atom. The number of aryl methyl sites for hydroxylation is 1. The fraction of sp³-hybridized carbons (Fsp3) is 0.455. The van der Waals surface area contributed by atoms with Crippen LogP contribution in [0.5, 0.6) is 0 Å². The molecule has 3 rings (SSSR count). The van der Waals surface area contributed by atoms with E-state index in [1.165, 1.54) is 30.4 Å². The molecule has 0 aromatic heterocycles. The lowest BCUT2D eigenvalue weighted by atomic mass is 9.98. The van der Waals surface area contributed by atoms with Crippen molar-refractivity contribution in [3.05, 3.63) is 35.4 Å². The Bertz CT molecular complexity index is 332. The number of fused-ring (bicyclic) bond motifs is 2. The van der Waals surface area contributed by atoms with Gasteiger partial charge in [0.1, 0.15) is 0 Å². The molecule has 1 aromatic carbocycles. The molecule has 2 atom stereocenters. The van der Waals surface area contributed by atoms with E-state index in [4.69, 9.17) is 5.73 Å². The van der Waals surface area contributed by atoms with Crippen molar-refractivity contribution < 1.29 is 0 Å². The molecule has 0 radical (unpaired) electrons. The highest BCUT2D eigenvalue weighted by molar-refractivity contribution is 5.46. The van der Waals surface area contributed by atoms with E-state index in [1.807, 2.05) is 0 Å². The van der Waals surface area contributed by atoms with Gasteiger partial charge in [-0.3, -0.25) is 0 Å². The molecule has 0 bridgehead atoms. The first-order chi connectivity index (χ1) is 5.83. The van der Waals surface area contributed by atoms with Gasteiger partial charge in [-0.05, 0) is 30.4 Å². The van der Waals surface area contributed by atoms with Gasteiger partial charge >= 0.3 is 0 Å². The van der Waals surface area contributed by atoms with Crippen LogP contribution in [0.3, 0.4) is 0 Å². The molecule has 0 unspecified atom stereocenters. The smallest absolute Gasteiger partial charge is 0.0146 e. The third kappa shape index (κ3) is 0.632. The average Bonchev–Trinajstić information content (AvgIpc) is 2.58. The van der Waals surface area contributed by atoms with Gasteiger partial charge in [0, 0.05) is 11.5 Å². The lowest BCUT2D eigenvalue weighted by Crippen LogP contribution is -2.14. The van der Waals surface area contributed by atoms with Crippen LogP contribution in [0.25, 0.3) is 0 Å². The molecule has 1 saturated carbocycles. The Balaban J connectivity index is 2.15. The molecule has 1 heteroatoms. The zero-order chi connectivity index (χ0) is 8.18. The highest BCUT2D eigenvalue weighted by Gasteiger charge is 2.55. The number of hydrogen-bond donors (Lipinski definition) is 1. The third-order valence-corrected chi connectivity index (χ3v) is 3.53. The number of benzene rings is 1. The highest BCUT2D eigenvalue weighted by Crippen LogP contribution is 2.55. The zero-order valence-corrected chi connectivity index (χ0v) is 7.09. The van der Waals surface area contributed by atoms with Gasteiger partial charge in [-0.2, -0.15) is 0 Å². The topological polar surface area (TPSA) is 26.0 Å². The second kappa shape index (κ2) is 1.91. The Labute approximate surface area is 72.6 Å². The van der Waals surface area contributed by atoms with E-state index in [-0.39, 0.29) is 0 Å². The van der Waals surface area contributed by atoms with E-state index < -0.39 is 0 Å². The number of hydrogen-bond acceptors (Lipinski definition) is 1. The largest absolute Gasteiger partial charge is 0.327 e. The minimum atomic E-state index is 0.413. The summed E-state index contributed by atoms with van der Waals surface area (Å²) in [4.78, 5) is 0. The second-order valence-electron chi connectivity index (χ2n) is 4.12. The van der Waals surface area contributed by atoms with Crippen molar-refractivity contribution in [1.82, 2.24) is 0 Å². The van der Waals surface area contributed by atoms with E-state index >= 15 is 0 Å². The Hall–Kier alpha value is -0.820. The molecule has 2 aliphatic rings. The van der Waals surface area contributed by atoms with Crippen LogP contribution in [0.4, 0.5) is 0 Å². The summed E-state index contributed by atoms with van der Waals surface area (Å²) in [5.41, 5.74) is 9.46. The predicted molar refractivity (Wildman–Crippen MR) is 49.0 cm³/mol. The average molecular weight is 159 g/mol. The second-order valence-corrected chi connectivity index (χ2v) is 4.12. The van der Waals surface area contributed by atoms with Gasteiger partial charge in [0.25, 0.3) is 0 Å². The molecule has 0 amide bonds. The van der Waals surface area contributed by atoms with Crippen molar-refractivity contribution in [3.63, 3.8) is 0 Å². The van der Waals surface area contributed by atoms with Crippen molar-refractivity contribution in [1.29, 1.82) is 0 Å². The first-order valence-electron chi connectivity index (χ1n) is 4.67. The molecule has 0 saturated heterocycles. The van der Waals surface area contributed by atoms with E-state index in [0.717, 1.165) is 0 Å². The molecule has 2 aliphatic carbocycles. The van der Waals surface area contributed by atoms with Crippen molar-refractivity contribution in [2.24, 2.45) is 5.73 Å². The molecule has 1 fully saturated rings. The van der Waals surface area contributed by atoms with Crippen molar-refractivity contribution in [3.8, 4) is 0 Å². The van der Waals surface area contributed by atoms with Crippen LogP contribution in [-0.4, -0.2) is 6.04 Å².